The lowest BCUT2D eigenvalue weighted by molar-refractivity contribution is 0.811. The van der Waals surface area contributed by atoms with Gasteiger partial charge in [-0.2, -0.15) is 0 Å². The molecule has 0 amide bonds. The van der Waals surface area contributed by atoms with Gasteiger partial charge in [-0.25, -0.2) is 9.97 Å². The van der Waals surface area contributed by atoms with Crippen molar-refractivity contribution in [2.45, 2.75) is 23.0 Å². The van der Waals surface area contributed by atoms with Crippen LogP contribution in [0.15, 0.2) is 38.8 Å². The van der Waals surface area contributed by atoms with Gasteiger partial charge in [0.15, 0.2) is 5.16 Å². The number of hydrogen-bond acceptors (Lipinski definition) is 6. The molecule has 0 aliphatic heterocycles. The van der Waals surface area contributed by atoms with E-state index in [1.54, 1.807) is 0 Å². The lowest BCUT2D eigenvalue weighted by Crippen LogP contribution is -2.05. The highest BCUT2D eigenvalue weighted by molar-refractivity contribution is 9.10. The second-order valence-corrected chi connectivity index (χ2v) is 5.97. The van der Waals surface area contributed by atoms with E-state index in [2.05, 4.69) is 25.9 Å². The predicted octanol–water partition coefficient (Wildman–Crippen LogP) is 2.57. The van der Waals surface area contributed by atoms with E-state index in [9.17, 15) is 0 Å². The average Bonchev–Trinajstić information content (AvgIpc) is 2.26. The zero-order valence-corrected chi connectivity index (χ0v) is 12.7. The first-order chi connectivity index (χ1) is 8.95. The maximum absolute atomic E-state index is 5.86. The van der Waals surface area contributed by atoms with E-state index in [1.807, 2.05) is 25.1 Å². The van der Waals surface area contributed by atoms with Crippen LogP contribution >= 0.6 is 27.7 Å². The Morgan fingerprint density at radius 2 is 1.79 bits per heavy atom. The molecule has 0 saturated heterocycles. The fraction of sp³-hybridized carbons (Fsp3) is 0.167. The van der Waals surface area contributed by atoms with Gasteiger partial charge in [-0.15, -0.1) is 0 Å². The van der Waals surface area contributed by atoms with Gasteiger partial charge in [-0.3, -0.25) is 0 Å². The third-order valence-corrected chi connectivity index (χ3v) is 3.96. The Morgan fingerprint density at radius 3 is 2.32 bits per heavy atom. The molecule has 1 unspecified atom stereocenters. The summed E-state index contributed by atoms with van der Waals surface area (Å²) >= 11 is 4.90. The Balaban J connectivity index is 2.26. The number of benzene rings is 1. The average molecular weight is 340 g/mol. The summed E-state index contributed by atoms with van der Waals surface area (Å²) in [5, 5.41) is 0.526. The second kappa shape index (κ2) is 5.77. The summed E-state index contributed by atoms with van der Waals surface area (Å²) in [5.74, 6) is 0.725. The minimum atomic E-state index is -0.0207. The monoisotopic (exact) mass is 339 g/mol. The smallest absolute Gasteiger partial charge is 0.196 e. The number of rotatable bonds is 3. The number of aromatic nitrogens is 2. The van der Waals surface area contributed by atoms with E-state index < -0.39 is 0 Å². The lowest BCUT2D eigenvalue weighted by Gasteiger charge is -2.10. The molecule has 0 saturated carbocycles. The van der Waals surface area contributed by atoms with Crippen LogP contribution in [0.4, 0.5) is 11.6 Å². The Labute approximate surface area is 124 Å². The van der Waals surface area contributed by atoms with Crippen LogP contribution in [0.2, 0.25) is 0 Å². The summed E-state index contributed by atoms with van der Waals surface area (Å²) < 4.78 is 0.962. The lowest BCUT2D eigenvalue weighted by atomic mass is 10.1. The molecule has 0 fully saturated rings. The van der Waals surface area contributed by atoms with Gasteiger partial charge in [0.2, 0.25) is 0 Å². The highest BCUT2D eigenvalue weighted by Crippen LogP contribution is 2.31. The summed E-state index contributed by atoms with van der Waals surface area (Å²) in [4.78, 5) is 9.24. The normalized spacial score (nSPS) is 12.4. The van der Waals surface area contributed by atoms with E-state index in [0.29, 0.717) is 16.8 Å². The minimum absolute atomic E-state index is 0.0207. The number of nitrogens with two attached hydrogens (primary N) is 3. The van der Waals surface area contributed by atoms with Crippen LogP contribution in [0.1, 0.15) is 18.5 Å². The SMILES string of the molecule is CC(N)c1ccc(Sc2nc(N)cc(N)n2)cc1Br. The van der Waals surface area contributed by atoms with Crippen LogP contribution in [-0.2, 0) is 0 Å². The highest BCUT2D eigenvalue weighted by Gasteiger charge is 2.08. The van der Waals surface area contributed by atoms with Gasteiger partial charge in [0.1, 0.15) is 11.6 Å². The zero-order valence-electron chi connectivity index (χ0n) is 10.3. The van der Waals surface area contributed by atoms with E-state index in [0.717, 1.165) is 14.9 Å². The van der Waals surface area contributed by atoms with Crippen molar-refractivity contribution >= 4 is 39.3 Å². The van der Waals surface area contributed by atoms with E-state index in [4.69, 9.17) is 17.2 Å². The number of halogens is 1. The molecule has 7 heteroatoms. The molecular formula is C12H14BrN5S. The van der Waals surface area contributed by atoms with Crippen LogP contribution in [0.3, 0.4) is 0 Å². The minimum Gasteiger partial charge on any atom is -0.383 e. The molecule has 0 spiro atoms. The van der Waals surface area contributed by atoms with Crippen molar-refractivity contribution in [3.05, 3.63) is 34.3 Å². The number of nitrogen functional groups attached to an aromatic ring is 2. The summed E-state index contributed by atoms with van der Waals surface area (Å²) in [6.07, 6.45) is 0. The predicted molar refractivity (Wildman–Crippen MR) is 81.7 cm³/mol. The third-order valence-electron chi connectivity index (χ3n) is 2.42. The van der Waals surface area contributed by atoms with Crippen LogP contribution in [-0.4, -0.2) is 9.97 Å². The summed E-state index contributed by atoms with van der Waals surface area (Å²) in [5.41, 5.74) is 18.2. The molecule has 1 heterocycles. The molecule has 100 valence electrons. The molecule has 1 aromatic heterocycles. The summed E-state index contributed by atoms with van der Waals surface area (Å²) in [7, 11) is 0. The molecule has 0 bridgehead atoms. The van der Waals surface area contributed by atoms with Gasteiger partial charge in [0.05, 0.1) is 0 Å². The van der Waals surface area contributed by atoms with Crippen LogP contribution in [0.25, 0.3) is 0 Å². The molecular weight excluding hydrogens is 326 g/mol. The maximum atomic E-state index is 5.86. The van der Waals surface area contributed by atoms with Crippen molar-refractivity contribution in [3.8, 4) is 0 Å². The van der Waals surface area contributed by atoms with Crippen molar-refractivity contribution < 1.29 is 0 Å². The van der Waals surface area contributed by atoms with Crippen molar-refractivity contribution in [1.29, 1.82) is 0 Å². The van der Waals surface area contributed by atoms with Crippen molar-refractivity contribution in [2.24, 2.45) is 5.73 Å². The molecule has 19 heavy (non-hydrogen) atoms. The Kier molecular flexibility index (Phi) is 4.28. The van der Waals surface area contributed by atoms with Crippen LogP contribution in [0, 0.1) is 0 Å². The first-order valence-corrected chi connectivity index (χ1v) is 7.19. The molecule has 1 aromatic carbocycles. The van der Waals surface area contributed by atoms with Gasteiger partial charge >= 0.3 is 0 Å². The first kappa shape index (κ1) is 14.1. The fourth-order valence-electron chi connectivity index (χ4n) is 1.55. The van der Waals surface area contributed by atoms with E-state index in [-0.39, 0.29) is 6.04 Å². The molecule has 2 rings (SSSR count). The highest BCUT2D eigenvalue weighted by atomic mass is 79.9. The van der Waals surface area contributed by atoms with E-state index in [1.165, 1.54) is 17.8 Å². The molecule has 2 aromatic rings. The largest absolute Gasteiger partial charge is 0.383 e. The molecule has 0 aliphatic carbocycles. The molecule has 1 atom stereocenters. The standard InChI is InChI=1S/C12H14BrN5S/c1-6(14)8-3-2-7(4-9(8)13)19-12-17-10(15)5-11(16)18-12/h2-6H,14H2,1H3,(H4,15,16,17,18). The van der Waals surface area contributed by atoms with Gasteiger partial charge in [0.25, 0.3) is 0 Å². The van der Waals surface area contributed by atoms with Crippen LogP contribution < -0.4 is 17.2 Å². The van der Waals surface area contributed by atoms with E-state index >= 15 is 0 Å². The number of nitrogens with zero attached hydrogens (tertiary/aromatic N) is 2. The summed E-state index contributed by atoms with van der Waals surface area (Å²) in [6.45, 7) is 1.94. The number of hydrogen-bond donors (Lipinski definition) is 3. The fourth-order valence-corrected chi connectivity index (χ4v) is 3.27. The summed E-state index contributed by atoms with van der Waals surface area (Å²) in [6, 6.07) is 7.43. The quantitative estimate of drug-likeness (QED) is 0.742. The topological polar surface area (TPSA) is 104 Å². The van der Waals surface area contributed by atoms with Crippen LogP contribution in [0.5, 0.6) is 0 Å². The first-order valence-electron chi connectivity index (χ1n) is 5.58. The van der Waals surface area contributed by atoms with Crippen molar-refractivity contribution in [2.75, 3.05) is 11.5 Å². The van der Waals surface area contributed by atoms with Gasteiger partial charge in [-0.1, -0.05) is 22.0 Å². The molecule has 0 aliphatic rings. The maximum Gasteiger partial charge on any atom is 0.196 e. The van der Waals surface area contributed by atoms with Crippen molar-refractivity contribution in [1.82, 2.24) is 9.97 Å². The van der Waals surface area contributed by atoms with Crippen molar-refractivity contribution in [3.63, 3.8) is 0 Å². The molecule has 5 nitrogen and oxygen atoms in total. The molecule has 0 radical (unpaired) electrons. The Hall–Kier alpha value is -1.31. The van der Waals surface area contributed by atoms with Gasteiger partial charge in [0, 0.05) is 21.5 Å². The second-order valence-electron chi connectivity index (χ2n) is 4.07. The Morgan fingerprint density at radius 1 is 1.16 bits per heavy atom. The molecule has 6 N–H and O–H groups in total. The van der Waals surface area contributed by atoms with Gasteiger partial charge < -0.3 is 17.2 Å². The van der Waals surface area contributed by atoms with Gasteiger partial charge in [-0.05, 0) is 36.4 Å². The Bertz CT molecular complexity index is 582. The zero-order chi connectivity index (χ0) is 14.0. The third kappa shape index (κ3) is 3.59. The number of anilines is 2.